The van der Waals surface area contributed by atoms with E-state index in [1.54, 1.807) is 11.6 Å². The monoisotopic (exact) mass is 463 g/mol. The highest BCUT2D eigenvalue weighted by atomic mass is 19.1. The van der Waals surface area contributed by atoms with Crippen LogP contribution in [0.2, 0.25) is 0 Å². The van der Waals surface area contributed by atoms with Gasteiger partial charge in [-0.15, -0.1) is 0 Å². The highest BCUT2D eigenvalue weighted by molar-refractivity contribution is 5.26. The summed E-state index contributed by atoms with van der Waals surface area (Å²) in [7, 11) is 0. The minimum Gasteiger partial charge on any atom is -0.195 e. The molecule has 0 bridgehead atoms. The first-order valence-corrected chi connectivity index (χ1v) is 14.2. The topological polar surface area (TPSA) is 23.8 Å². The molecule has 1 aromatic carbocycles. The van der Waals surface area contributed by atoms with Gasteiger partial charge >= 0.3 is 0 Å². The number of halogens is 1. The fourth-order valence-corrected chi connectivity index (χ4v) is 6.15. The van der Waals surface area contributed by atoms with E-state index in [2.05, 4.69) is 37.3 Å². The summed E-state index contributed by atoms with van der Waals surface area (Å²) < 4.78 is 12.9. The van der Waals surface area contributed by atoms with Crippen molar-refractivity contribution in [3.63, 3.8) is 0 Å². The van der Waals surface area contributed by atoms with Gasteiger partial charge in [0.25, 0.3) is 0 Å². The average Bonchev–Trinajstić information content (AvgIpc) is 2.88. The lowest BCUT2D eigenvalue weighted by atomic mass is 9.74. The van der Waals surface area contributed by atoms with Crippen LogP contribution in [-0.4, -0.2) is 0 Å². The summed E-state index contributed by atoms with van der Waals surface area (Å²) >= 11 is 0. The van der Waals surface area contributed by atoms with Crippen molar-refractivity contribution in [2.45, 2.75) is 116 Å². The molecule has 0 amide bonds. The van der Waals surface area contributed by atoms with E-state index in [0.29, 0.717) is 5.92 Å². The maximum atomic E-state index is 12.9. The molecule has 0 radical (unpaired) electrons. The lowest BCUT2D eigenvalue weighted by Gasteiger charge is -2.31. The molecule has 0 aliphatic heterocycles. The second-order valence-electron chi connectivity index (χ2n) is 11.0. The molecule has 1 aromatic rings. The van der Waals surface area contributed by atoms with Crippen LogP contribution in [0.5, 0.6) is 0 Å². The van der Waals surface area contributed by atoms with Crippen molar-refractivity contribution in [2.24, 2.45) is 17.8 Å². The molecular weight excluding hydrogens is 417 g/mol. The Bertz CT molecular complexity index is 783. The van der Waals surface area contributed by atoms with Gasteiger partial charge in [-0.05, 0) is 105 Å². The summed E-state index contributed by atoms with van der Waals surface area (Å²) in [4.78, 5) is 0. The van der Waals surface area contributed by atoms with Crippen molar-refractivity contribution < 1.29 is 4.39 Å². The van der Waals surface area contributed by atoms with Gasteiger partial charge in [0.2, 0.25) is 0 Å². The van der Waals surface area contributed by atoms with Crippen LogP contribution in [0.1, 0.15) is 120 Å². The Hall–Kier alpha value is -1.88. The van der Waals surface area contributed by atoms with Crippen molar-refractivity contribution in [3.05, 3.63) is 59.4 Å². The number of hydrogen-bond acceptors (Lipinski definition) is 1. The number of benzene rings is 1. The minimum absolute atomic E-state index is 0.557. The Morgan fingerprint density at radius 2 is 1.50 bits per heavy atom. The molecule has 186 valence electrons. The number of hydrogen-bond donors (Lipinski definition) is 0. The van der Waals surface area contributed by atoms with Gasteiger partial charge in [-0.1, -0.05) is 81.9 Å². The molecule has 2 fully saturated rings. The van der Waals surface area contributed by atoms with Crippen LogP contribution in [-0.2, 0) is 6.42 Å². The summed E-state index contributed by atoms with van der Waals surface area (Å²) in [6.07, 6.45) is 26.5. The van der Waals surface area contributed by atoms with E-state index < -0.39 is 5.83 Å². The highest BCUT2D eigenvalue weighted by Crippen LogP contribution is 2.40. The van der Waals surface area contributed by atoms with Gasteiger partial charge in [0.1, 0.15) is 6.07 Å². The number of allylic oxidation sites excluding steroid dienone is 4. The molecular formula is C32H46FN. The highest BCUT2D eigenvalue weighted by Gasteiger charge is 2.24. The van der Waals surface area contributed by atoms with Crippen LogP contribution >= 0.6 is 0 Å². The van der Waals surface area contributed by atoms with Crippen LogP contribution in [0.15, 0.2) is 48.3 Å². The molecule has 0 atom stereocenters. The molecule has 0 N–H and O–H groups in total. The van der Waals surface area contributed by atoms with Gasteiger partial charge in [-0.3, -0.25) is 0 Å². The van der Waals surface area contributed by atoms with Crippen molar-refractivity contribution in [3.8, 4) is 6.07 Å². The molecule has 2 aliphatic carbocycles. The summed E-state index contributed by atoms with van der Waals surface area (Å²) in [6.45, 7) is 2.28. The zero-order valence-electron chi connectivity index (χ0n) is 21.5. The van der Waals surface area contributed by atoms with Crippen molar-refractivity contribution in [1.82, 2.24) is 0 Å². The van der Waals surface area contributed by atoms with Crippen molar-refractivity contribution in [1.29, 1.82) is 5.26 Å². The first-order valence-electron chi connectivity index (χ1n) is 14.2. The average molecular weight is 464 g/mol. The van der Waals surface area contributed by atoms with E-state index in [9.17, 15) is 4.39 Å². The van der Waals surface area contributed by atoms with Crippen LogP contribution in [0.4, 0.5) is 4.39 Å². The van der Waals surface area contributed by atoms with Crippen LogP contribution in [0.3, 0.4) is 0 Å². The lowest BCUT2D eigenvalue weighted by Crippen LogP contribution is -2.17. The molecule has 1 nitrogen and oxygen atoms in total. The van der Waals surface area contributed by atoms with E-state index in [0.717, 1.165) is 17.8 Å². The van der Waals surface area contributed by atoms with Gasteiger partial charge in [-0.2, -0.15) is 9.65 Å². The number of nitriles is 1. The number of aryl methyl sites for hydroxylation is 1. The number of nitrogens with zero attached hydrogens (tertiary/aromatic N) is 1. The first kappa shape index (κ1) is 26.7. The third kappa shape index (κ3) is 9.40. The van der Waals surface area contributed by atoms with E-state index in [1.807, 2.05) is 0 Å². The Morgan fingerprint density at radius 3 is 2.12 bits per heavy atom. The summed E-state index contributed by atoms with van der Waals surface area (Å²) in [6, 6.07) is 11.2. The third-order valence-electron chi connectivity index (χ3n) is 8.47. The summed E-state index contributed by atoms with van der Waals surface area (Å²) in [5.41, 5.74) is 3.09. The maximum Gasteiger partial charge on any atom is 0.199 e. The Balaban J connectivity index is 1.29. The Kier molecular flexibility index (Phi) is 11.9. The maximum absolute atomic E-state index is 12.9. The van der Waals surface area contributed by atoms with E-state index in [4.69, 9.17) is 5.26 Å². The molecule has 0 heterocycles. The van der Waals surface area contributed by atoms with Crippen LogP contribution in [0, 0.1) is 29.1 Å². The number of unbranched alkanes of at least 4 members (excludes halogenated alkanes) is 4. The Labute approximate surface area is 208 Å². The molecule has 0 saturated heterocycles. The van der Waals surface area contributed by atoms with Crippen molar-refractivity contribution in [2.75, 3.05) is 0 Å². The predicted octanol–water partition coefficient (Wildman–Crippen LogP) is 9.99. The summed E-state index contributed by atoms with van der Waals surface area (Å²) in [5.74, 6) is 2.43. The SMILES string of the molecule is CCCCCCCc1ccc([C@H]2CC[C@H](CC[C@H]3CC[C@H](/C=C/C=C(\F)C#N)CC3)CC2)cc1. The lowest BCUT2D eigenvalue weighted by molar-refractivity contribution is 0.246. The smallest absolute Gasteiger partial charge is 0.195 e. The van der Waals surface area contributed by atoms with E-state index >= 15 is 0 Å². The second kappa shape index (κ2) is 15.2. The molecule has 2 saturated carbocycles. The largest absolute Gasteiger partial charge is 0.199 e. The fraction of sp³-hybridized carbons (Fsp3) is 0.656. The standard InChI is InChI=1S/C32H46FN/c1-2-3-4-5-6-8-26-17-21-30(22-18-26)31-23-19-29(20-24-31)16-15-28-13-11-27(12-14-28)9-7-10-32(33)25-34/h7,9-10,17-18,21-22,27-29,31H,2-6,8,11-16,19-20,23-24H2,1H3/b9-7+,32-10-/t27-,28-,29-,31-. The molecule has 0 spiro atoms. The van der Waals surface area contributed by atoms with Gasteiger partial charge < -0.3 is 0 Å². The normalized spacial score (nSPS) is 26.0. The van der Waals surface area contributed by atoms with Gasteiger partial charge in [0.05, 0.1) is 0 Å². The summed E-state index contributed by atoms with van der Waals surface area (Å²) in [5, 5.41) is 8.47. The van der Waals surface area contributed by atoms with Gasteiger partial charge in [0.15, 0.2) is 5.83 Å². The van der Waals surface area contributed by atoms with E-state index in [1.165, 1.54) is 120 Å². The molecule has 34 heavy (non-hydrogen) atoms. The molecule has 2 aliphatic rings. The zero-order valence-corrected chi connectivity index (χ0v) is 21.5. The molecule has 0 unspecified atom stereocenters. The fourth-order valence-electron chi connectivity index (χ4n) is 6.15. The van der Waals surface area contributed by atoms with Crippen LogP contribution < -0.4 is 0 Å². The van der Waals surface area contributed by atoms with Gasteiger partial charge in [-0.25, -0.2) is 0 Å². The van der Waals surface area contributed by atoms with E-state index in [-0.39, 0.29) is 0 Å². The van der Waals surface area contributed by atoms with Crippen LogP contribution in [0.25, 0.3) is 0 Å². The number of rotatable bonds is 12. The quantitative estimate of drug-likeness (QED) is 0.172. The molecule has 0 aromatic heterocycles. The minimum atomic E-state index is -0.704. The van der Waals surface area contributed by atoms with Crippen molar-refractivity contribution >= 4 is 0 Å². The molecule has 3 rings (SSSR count). The first-order chi connectivity index (χ1) is 16.7. The zero-order chi connectivity index (χ0) is 24.0. The third-order valence-corrected chi connectivity index (χ3v) is 8.47. The predicted molar refractivity (Wildman–Crippen MR) is 142 cm³/mol. The van der Waals surface area contributed by atoms with Gasteiger partial charge in [0, 0.05) is 0 Å². The Morgan fingerprint density at radius 1 is 0.882 bits per heavy atom. The second-order valence-corrected chi connectivity index (χ2v) is 11.0. The molecule has 2 heteroatoms.